The lowest BCUT2D eigenvalue weighted by Gasteiger charge is -2.49. The van der Waals surface area contributed by atoms with Crippen molar-refractivity contribution in [3.63, 3.8) is 0 Å². The van der Waals surface area contributed by atoms with Gasteiger partial charge in [0.1, 0.15) is 0 Å². The van der Waals surface area contributed by atoms with E-state index in [0.717, 1.165) is 24.0 Å². The molecule has 1 saturated heterocycles. The van der Waals surface area contributed by atoms with Crippen LogP contribution in [-0.4, -0.2) is 43.3 Å². The lowest BCUT2D eigenvalue weighted by atomic mass is 9.68. The van der Waals surface area contributed by atoms with E-state index in [1.165, 1.54) is 0 Å². The highest BCUT2D eigenvalue weighted by atomic mass is 32.8. The Labute approximate surface area is 197 Å². The minimum atomic E-state index is -3.64. The van der Waals surface area contributed by atoms with Crippen LogP contribution in [0.15, 0.2) is 59.5 Å². The number of ether oxygens (including phenoxy) is 1. The molecule has 1 heterocycles. The monoisotopic (exact) mass is 491 g/mol. The molecule has 0 N–H and O–H groups in total. The smallest absolute Gasteiger partial charge is 0.243 e. The second-order valence-electron chi connectivity index (χ2n) is 8.77. The topological polar surface area (TPSA) is 63.7 Å². The Morgan fingerprint density at radius 1 is 1.09 bits per heavy atom. The summed E-state index contributed by atoms with van der Waals surface area (Å²) in [6.45, 7) is 3.03. The van der Waals surface area contributed by atoms with Crippen molar-refractivity contribution < 1.29 is 17.9 Å². The third-order valence-electron chi connectivity index (χ3n) is 6.64. The molecule has 0 aromatic heterocycles. The number of nitrogens with zero attached hydrogens (tertiary/aromatic N) is 1. The Kier molecular flexibility index (Phi) is 7.27. The van der Waals surface area contributed by atoms with Gasteiger partial charge in [-0.05, 0) is 60.8 Å². The number of piperidine rings is 1. The van der Waals surface area contributed by atoms with Crippen molar-refractivity contribution in [2.75, 3.05) is 19.3 Å². The van der Waals surface area contributed by atoms with Crippen molar-refractivity contribution >= 4 is 35.8 Å². The highest BCUT2D eigenvalue weighted by Gasteiger charge is 2.50. The molecule has 8 heteroatoms. The molecule has 0 radical (unpaired) electrons. The van der Waals surface area contributed by atoms with Crippen LogP contribution in [-0.2, 0) is 46.8 Å². The summed E-state index contributed by atoms with van der Waals surface area (Å²) in [4.78, 5) is 13.4. The molecule has 5 atom stereocenters. The summed E-state index contributed by atoms with van der Waals surface area (Å²) in [7, 11) is -4.41. The maximum atomic E-state index is 13.4. The molecular weight excluding hydrogens is 462 g/mol. The summed E-state index contributed by atoms with van der Waals surface area (Å²) < 4.78 is 34.7. The molecular formula is C24H29NO4S3. The zero-order chi connectivity index (χ0) is 22.9. The molecule has 172 valence electrons. The average Bonchev–Trinajstić information content (AvgIpc) is 2.78. The van der Waals surface area contributed by atoms with E-state index >= 15 is 0 Å². The fourth-order valence-corrected chi connectivity index (χ4v) is 7.58. The number of hydrogen-bond donors (Lipinski definition) is 0. The third kappa shape index (κ3) is 4.89. The van der Waals surface area contributed by atoms with Gasteiger partial charge in [0.15, 0.2) is 5.12 Å². The zero-order valence-corrected chi connectivity index (χ0v) is 20.8. The van der Waals surface area contributed by atoms with Crippen LogP contribution >= 0.6 is 0 Å². The number of rotatable bonds is 6. The predicted octanol–water partition coefficient (Wildman–Crippen LogP) is 3.46. The fraction of sp³-hybridized carbons (Fsp3) is 0.458. The first-order chi connectivity index (χ1) is 15.3. The number of sulfonamides is 1. The third-order valence-corrected chi connectivity index (χ3v) is 9.82. The van der Waals surface area contributed by atoms with Gasteiger partial charge < -0.3 is 4.74 Å². The lowest BCUT2D eigenvalue weighted by molar-refractivity contribution is -0.131. The van der Waals surface area contributed by atoms with Gasteiger partial charge in [-0.25, -0.2) is 8.42 Å². The molecule has 32 heavy (non-hydrogen) atoms. The Bertz CT molecular complexity index is 1090. The van der Waals surface area contributed by atoms with Gasteiger partial charge in [-0.2, -0.15) is 4.31 Å². The van der Waals surface area contributed by atoms with E-state index in [1.807, 2.05) is 49.4 Å². The van der Waals surface area contributed by atoms with E-state index < -0.39 is 19.5 Å². The van der Waals surface area contributed by atoms with Crippen LogP contribution in [0.4, 0.5) is 0 Å². The minimum Gasteiger partial charge on any atom is -0.373 e. The van der Waals surface area contributed by atoms with Gasteiger partial charge in [-0.1, -0.05) is 57.5 Å². The van der Waals surface area contributed by atoms with Crippen LogP contribution < -0.4 is 0 Å². The number of fused-ring (bicyclic) bond motifs is 2. The average molecular weight is 492 g/mol. The molecule has 2 fully saturated rings. The van der Waals surface area contributed by atoms with E-state index in [-0.39, 0.29) is 35.5 Å². The maximum Gasteiger partial charge on any atom is 0.243 e. The van der Waals surface area contributed by atoms with Crippen molar-refractivity contribution in [2.24, 2.45) is 17.8 Å². The molecule has 1 aliphatic heterocycles. The van der Waals surface area contributed by atoms with Crippen LogP contribution in [0.3, 0.4) is 0 Å². The Balaban J connectivity index is 1.60. The molecule has 5 unspecified atom stereocenters. The molecule has 5 nitrogen and oxygen atoms in total. The normalized spacial score (nSPS) is 27.1. The number of hydrogen-bond acceptors (Lipinski definition) is 5. The molecule has 2 aromatic rings. The van der Waals surface area contributed by atoms with Gasteiger partial charge in [0.05, 0.1) is 17.6 Å². The van der Waals surface area contributed by atoms with E-state index in [4.69, 9.17) is 15.9 Å². The number of carbonyl (C=O) groups is 1. The summed E-state index contributed by atoms with van der Waals surface area (Å²) >= 11 is 5.34. The van der Waals surface area contributed by atoms with Crippen molar-refractivity contribution in [2.45, 2.75) is 37.4 Å². The SMILES string of the molecule is Cc1ccc(S(=O)(=O)N2CC3CCC(OCc4ccccc4)C(C2)C3C(=O)S(C)=S)cc1. The Hall–Kier alpha value is -1.45. The second kappa shape index (κ2) is 9.81. The van der Waals surface area contributed by atoms with Gasteiger partial charge in [0, 0.05) is 24.9 Å². The van der Waals surface area contributed by atoms with Gasteiger partial charge in [-0.3, -0.25) is 4.79 Å². The number of aryl methyl sites for hydroxylation is 1. The summed E-state index contributed by atoms with van der Waals surface area (Å²) in [6, 6.07) is 16.9. The van der Waals surface area contributed by atoms with Gasteiger partial charge in [0.25, 0.3) is 0 Å². The van der Waals surface area contributed by atoms with Crippen LogP contribution in [0.1, 0.15) is 24.0 Å². The zero-order valence-electron chi connectivity index (χ0n) is 18.3. The molecule has 4 rings (SSSR count). The standard InChI is InChI=1S/C24H29NO4S3/c1-17-8-11-20(12-9-17)32(27,28)25-14-19-10-13-22(29-16-18-6-4-3-5-7-18)21(15-25)23(19)24(26)31(2)30/h3-9,11-12,19,21-23H,10,13-16H2,1-2H3. The summed E-state index contributed by atoms with van der Waals surface area (Å²) in [5.41, 5.74) is 2.08. The summed E-state index contributed by atoms with van der Waals surface area (Å²) in [5, 5.41) is 0.0791. The molecule has 1 aliphatic carbocycles. The number of benzene rings is 2. The van der Waals surface area contributed by atoms with Crippen LogP contribution in [0.2, 0.25) is 0 Å². The molecule has 0 amide bonds. The first-order valence-corrected chi connectivity index (χ1v) is 14.9. The van der Waals surface area contributed by atoms with Crippen molar-refractivity contribution in [3.05, 3.63) is 65.7 Å². The molecule has 1 saturated carbocycles. The van der Waals surface area contributed by atoms with Gasteiger partial charge in [0.2, 0.25) is 10.0 Å². The molecule has 2 bridgehead atoms. The van der Waals surface area contributed by atoms with Crippen molar-refractivity contribution in [3.8, 4) is 0 Å². The Morgan fingerprint density at radius 3 is 2.44 bits per heavy atom. The van der Waals surface area contributed by atoms with Gasteiger partial charge in [-0.15, -0.1) is 0 Å². The summed E-state index contributed by atoms with van der Waals surface area (Å²) in [5.74, 6) is -0.437. The van der Waals surface area contributed by atoms with Crippen molar-refractivity contribution in [1.82, 2.24) is 4.31 Å². The highest BCUT2D eigenvalue weighted by molar-refractivity contribution is 8.37. The lowest BCUT2D eigenvalue weighted by Crippen LogP contribution is -2.57. The number of carbonyl (C=O) groups excluding carboxylic acids is 1. The quantitative estimate of drug-likeness (QED) is 0.619. The predicted molar refractivity (Wildman–Crippen MR) is 130 cm³/mol. The van der Waals surface area contributed by atoms with E-state index in [1.54, 1.807) is 22.7 Å². The molecule has 2 aliphatic rings. The van der Waals surface area contributed by atoms with Crippen LogP contribution in [0.25, 0.3) is 0 Å². The first kappa shape index (κ1) is 23.7. The fourth-order valence-electron chi connectivity index (χ4n) is 4.96. The minimum absolute atomic E-state index is 0.0176. The maximum absolute atomic E-state index is 13.4. The van der Waals surface area contributed by atoms with Crippen LogP contribution in [0.5, 0.6) is 0 Å². The Morgan fingerprint density at radius 2 is 1.78 bits per heavy atom. The van der Waals surface area contributed by atoms with Crippen LogP contribution in [0, 0.1) is 24.7 Å². The largest absolute Gasteiger partial charge is 0.373 e. The second-order valence-corrected chi connectivity index (χ2v) is 13.5. The molecule has 2 aromatic carbocycles. The van der Waals surface area contributed by atoms with E-state index in [9.17, 15) is 13.2 Å². The van der Waals surface area contributed by atoms with E-state index in [2.05, 4.69) is 0 Å². The highest BCUT2D eigenvalue weighted by Crippen LogP contribution is 2.43. The summed E-state index contributed by atoms with van der Waals surface area (Å²) in [6.07, 6.45) is 3.20. The first-order valence-electron chi connectivity index (χ1n) is 10.9. The van der Waals surface area contributed by atoms with E-state index in [0.29, 0.717) is 18.0 Å². The van der Waals surface area contributed by atoms with Crippen molar-refractivity contribution in [1.29, 1.82) is 0 Å². The molecule has 0 spiro atoms. The van der Waals surface area contributed by atoms with Gasteiger partial charge >= 0.3 is 0 Å².